The summed E-state index contributed by atoms with van der Waals surface area (Å²) in [5, 5.41) is 11.3. The van der Waals surface area contributed by atoms with Gasteiger partial charge in [-0.2, -0.15) is 0 Å². The highest BCUT2D eigenvalue weighted by Crippen LogP contribution is 1.97. The number of carbonyl (C=O) groups excluding carboxylic acids is 1. The van der Waals surface area contributed by atoms with E-state index in [9.17, 15) is 4.79 Å². The van der Waals surface area contributed by atoms with Crippen LogP contribution >= 0.6 is 0 Å². The second-order valence-electron chi connectivity index (χ2n) is 3.14. The monoisotopic (exact) mass is 173 g/mol. The molecule has 0 aromatic carbocycles. The Balaban J connectivity index is 3.31. The van der Waals surface area contributed by atoms with Gasteiger partial charge in [-0.05, 0) is 12.3 Å². The molecule has 0 heterocycles. The summed E-state index contributed by atoms with van der Waals surface area (Å²) in [5.74, 6) is 0.590. The van der Waals surface area contributed by atoms with Crippen molar-refractivity contribution in [2.24, 2.45) is 5.92 Å². The van der Waals surface area contributed by atoms with Gasteiger partial charge in [0, 0.05) is 19.6 Å². The summed E-state index contributed by atoms with van der Waals surface area (Å²) >= 11 is 0. The molecule has 12 heavy (non-hydrogen) atoms. The van der Waals surface area contributed by atoms with Crippen LogP contribution in [0.2, 0.25) is 0 Å². The molecule has 0 aliphatic carbocycles. The molecule has 3 nitrogen and oxygen atoms in total. The van der Waals surface area contributed by atoms with Crippen LogP contribution in [0.25, 0.3) is 0 Å². The topological polar surface area (TPSA) is 49.3 Å². The van der Waals surface area contributed by atoms with E-state index in [1.807, 2.05) is 0 Å². The standard InChI is InChI=1S/C9H19NO2/c1-3-8(2)7-10-9(12)5-4-6-11/h8,11H,3-7H2,1-2H3,(H,10,12). The molecule has 0 radical (unpaired) electrons. The molecule has 0 aliphatic heterocycles. The predicted molar refractivity (Wildman–Crippen MR) is 48.8 cm³/mol. The van der Waals surface area contributed by atoms with Gasteiger partial charge in [-0.15, -0.1) is 0 Å². The van der Waals surface area contributed by atoms with E-state index in [1.165, 1.54) is 0 Å². The van der Waals surface area contributed by atoms with Gasteiger partial charge in [0.2, 0.25) is 5.91 Å². The normalized spacial score (nSPS) is 12.6. The third-order valence-corrected chi connectivity index (χ3v) is 1.91. The van der Waals surface area contributed by atoms with E-state index in [0.29, 0.717) is 18.8 Å². The Bertz CT molecular complexity index is 126. The Hall–Kier alpha value is -0.570. The van der Waals surface area contributed by atoms with Crippen molar-refractivity contribution in [2.45, 2.75) is 33.1 Å². The molecular formula is C9H19NO2. The number of hydrogen-bond acceptors (Lipinski definition) is 2. The Kier molecular flexibility index (Phi) is 6.76. The second-order valence-corrected chi connectivity index (χ2v) is 3.14. The minimum absolute atomic E-state index is 0.0457. The molecule has 0 rings (SSSR count). The first-order valence-electron chi connectivity index (χ1n) is 4.58. The lowest BCUT2D eigenvalue weighted by Gasteiger charge is -2.09. The zero-order valence-electron chi connectivity index (χ0n) is 7.97. The highest BCUT2D eigenvalue weighted by Gasteiger charge is 2.02. The summed E-state index contributed by atoms with van der Waals surface area (Å²) in [6, 6.07) is 0. The number of aliphatic hydroxyl groups excluding tert-OH is 1. The number of hydrogen-bond donors (Lipinski definition) is 2. The van der Waals surface area contributed by atoms with Crippen LogP contribution in [0, 0.1) is 5.92 Å². The van der Waals surface area contributed by atoms with E-state index >= 15 is 0 Å². The minimum atomic E-state index is 0.0457. The number of nitrogens with one attached hydrogen (secondary N) is 1. The van der Waals surface area contributed by atoms with Crippen LogP contribution in [0.4, 0.5) is 0 Å². The van der Waals surface area contributed by atoms with Crippen molar-refractivity contribution in [1.82, 2.24) is 5.32 Å². The molecule has 0 spiro atoms. The fourth-order valence-electron chi connectivity index (χ4n) is 0.760. The summed E-state index contributed by atoms with van der Waals surface area (Å²) in [6.45, 7) is 5.05. The number of rotatable bonds is 6. The van der Waals surface area contributed by atoms with Gasteiger partial charge in [-0.3, -0.25) is 4.79 Å². The smallest absolute Gasteiger partial charge is 0.220 e. The van der Waals surface area contributed by atoms with Crippen LogP contribution in [0.5, 0.6) is 0 Å². The average Bonchev–Trinajstić information content (AvgIpc) is 2.10. The quantitative estimate of drug-likeness (QED) is 0.627. The van der Waals surface area contributed by atoms with Gasteiger partial charge in [0.25, 0.3) is 0 Å². The molecule has 2 N–H and O–H groups in total. The molecule has 1 unspecified atom stereocenters. The van der Waals surface area contributed by atoms with Crippen molar-refractivity contribution in [2.75, 3.05) is 13.2 Å². The van der Waals surface area contributed by atoms with E-state index in [1.54, 1.807) is 0 Å². The Morgan fingerprint density at radius 2 is 2.25 bits per heavy atom. The number of amides is 1. The van der Waals surface area contributed by atoms with Crippen molar-refractivity contribution in [3.63, 3.8) is 0 Å². The van der Waals surface area contributed by atoms with Crippen molar-refractivity contribution in [3.8, 4) is 0 Å². The first-order chi connectivity index (χ1) is 5.70. The largest absolute Gasteiger partial charge is 0.396 e. The van der Waals surface area contributed by atoms with Crippen molar-refractivity contribution < 1.29 is 9.90 Å². The van der Waals surface area contributed by atoms with Crippen LogP contribution in [-0.4, -0.2) is 24.2 Å². The van der Waals surface area contributed by atoms with Crippen molar-refractivity contribution >= 4 is 5.91 Å². The fraction of sp³-hybridized carbons (Fsp3) is 0.889. The third-order valence-electron chi connectivity index (χ3n) is 1.91. The fourth-order valence-corrected chi connectivity index (χ4v) is 0.760. The average molecular weight is 173 g/mol. The Morgan fingerprint density at radius 1 is 1.58 bits per heavy atom. The lowest BCUT2D eigenvalue weighted by Crippen LogP contribution is -2.27. The molecule has 72 valence electrons. The van der Waals surface area contributed by atoms with Gasteiger partial charge in [0.05, 0.1) is 0 Å². The Morgan fingerprint density at radius 3 is 2.75 bits per heavy atom. The van der Waals surface area contributed by atoms with Gasteiger partial charge in [0.1, 0.15) is 0 Å². The van der Waals surface area contributed by atoms with Gasteiger partial charge in [-0.25, -0.2) is 0 Å². The van der Waals surface area contributed by atoms with E-state index in [2.05, 4.69) is 19.2 Å². The SMILES string of the molecule is CCC(C)CNC(=O)CCCO. The minimum Gasteiger partial charge on any atom is -0.396 e. The maximum atomic E-state index is 11.0. The molecule has 3 heteroatoms. The molecule has 0 bridgehead atoms. The zero-order valence-corrected chi connectivity index (χ0v) is 7.97. The summed E-state index contributed by atoms with van der Waals surface area (Å²) in [5.41, 5.74) is 0. The predicted octanol–water partition coefficient (Wildman–Crippen LogP) is 0.921. The maximum Gasteiger partial charge on any atom is 0.220 e. The lowest BCUT2D eigenvalue weighted by atomic mass is 10.1. The highest BCUT2D eigenvalue weighted by molar-refractivity contribution is 5.75. The first kappa shape index (κ1) is 11.4. The molecular weight excluding hydrogens is 154 g/mol. The van der Waals surface area contributed by atoms with Crippen LogP contribution in [0.1, 0.15) is 33.1 Å². The molecule has 1 amide bonds. The van der Waals surface area contributed by atoms with Crippen molar-refractivity contribution in [1.29, 1.82) is 0 Å². The van der Waals surface area contributed by atoms with Gasteiger partial charge < -0.3 is 10.4 Å². The first-order valence-corrected chi connectivity index (χ1v) is 4.58. The van der Waals surface area contributed by atoms with Crippen molar-refractivity contribution in [3.05, 3.63) is 0 Å². The van der Waals surface area contributed by atoms with Gasteiger partial charge >= 0.3 is 0 Å². The zero-order chi connectivity index (χ0) is 9.40. The number of carbonyl (C=O) groups is 1. The molecule has 0 saturated heterocycles. The summed E-state index contributed by atoms with van der Waals surface area (Å²) in [6.07, 6.45) is 2.08. The van der Waals surface area contributed by atoms with Crippen LogP contribution in [-0.2, 0) is 4.79 Å². The maximum absolute atomic E-state index is 11.0. The van der Waals surface area contributed by atoms with E-state index in [0.717, 1.165) is 13.0 Å². The van der Waals surface area contributed by atoms with Gasteiger partial charge in [-0.1, -0.05) is 20.3 Å². The lowest BCUT2D eigenvalue weighted by molar-refractivity contribution is -0.121. The third kappa shape index (κ3) is 6.16. The second kappa shape index (κ2) is 7.10. The summed E-state index contributed by atoms with van der Waals surface area (Å²) in [7, 11) is 0. The molecule has 0 aliphatic rings. The van der Waals surface area contributed by atoms with Crippen LogP contribution in [0.3, 0.4) is 0 Å². The molecule has 0 aromatic rings. The van der Waals surface area contributed by atoms with E-state index in [-0.39, 0.29) is 12.5 Å². The number of aliphatic hydroxyl groups is 1. The highest BCUT2D eigenvalue weighted by atomic mass is 16.3. The van der Waals surface area contributed by atoms with Crippen LogP contribution < -0.4 is 5.32 Å². The molecule has 0 aromatic heterocycles. The summed E-state index contributed by atoms with van der Waals surface area (Å²) < 4.78 is 0. The Labute approximate surface area is 74.2 Å². The molecule has 0 saturated carbocycles. The molecule has 0 fully saturated rings. The van der Waals surface area contributed by atoms with E-state index in [4.69, 9.17) is 5.11 Å². The van der Waals surface area contributed by atoms with Gasteiger partial charge in [0.15, 0.2) is 0 Å². The summed E-state index contributed by atoms with van der Waals surface area (Å²) in [4.78, 5) is 11.0. The van der Waals surface area contributed by atoms with E-state index < -0.39 is 0 Å². The molecule has 1 atom stereocenters. The van der Waals surface area contributed by atoms with Crippen LogP contribution in [0.15, 0.2) is 0 Å².